The predicted molar refractivity (Wildman–Crippen MR) is 99.9 cm³/mol. The average molecular weight is 445 g/mol. The van der Waals surface area contributed by atoms with E-state index < -0.39 is 36.5 Å². The third-order valence-corrected chi connectivity index (χ3v) is 4.27. The molecule has 0 radical (unpaired) electrons. The standard InChI is InChI=1S/C20H20F5N3O3/c1-3-16(29)9-15-8-13(6-7-26-15)18(30)28-12(2)14-4-5-17(27-10-14)31-11-19(21,22)20(23,24)25/h4-8,10,12H,3,9,11H2,1-2H3,(H,28,30). The zero-order valence-electron chi connectivity index (χ0n) is 16.7. The number of rotatable bonds is 9. The number of nitrogens with one attached hydrogen (secondary N) is 1. The molecule has 168 valence electrons. The summed E-state index contributed by atoms with van der Waals surface area (Å²) in [7, 11) is 0. The van der Waals surface area contributed by atoms with Crippen LogP contribution in [-0.4, -0.2) is 40.4 Å². The first-order valence-electron chi connectivity index (χ1n) is 9.23. The Bertz CT molecular complexity index is 917. The predicted octanol–water partition coefficient (Wildman–Crippen LogP) is 4.07. The van der Waals surface area contributed by atoms with Crippen LogP contribution < -0.4 is 10.1 Å². The summed E-state index contributed by atoms with van der Waals surface area (Å²) in [6, 6.07) is 4.95. The number of pyridine rings is 2. The summed E-state index contributed by atoms with van der Waals surface area (Å²) in [6.07, 6.45) is -2.63. The maximum Gasteiger partial charge on any atom is 0.456 e. The van der Waals surface area contributed by atoms with Gasteiger partial charge in [-0.25, -0.2) is 4.98 Å². The fourth-order valence-corrected chi connectivity index (χ4v) is 2.39. The molecule has 6 nitrogen and oxygen atoms in total. The Kier molecular flexibility index (Phi) is 7.64. The molecule has 0 bridgehead atoms. The van der Waals surface area contributed by atoms with Gasteiger partial charge >= 0.3 is 12.1 Å². The van der Waals surface area contributed by atoms with Crippen molar-refractivity contribution in [1.29, 1.82) is 0 Å². The lowest BCUT2D eigenvalue weighted by atomic mass is 10.1. The lowest BCUT2D eigenvalue weighted by Gasteiger charge is -2.19. The third-order valence-electron chi connectivity index (χ3n) is 4.27. The monoisotopic (exact) mass is 445 g/mol. The molecule has 1 N–H and O–H groups in total. The quantitative estimate of drug-likeness (QED) is 0.589. The van der Waals surface area contributed by atoms with Crippen LogP contribution >= 0.6 is 0 Å². The highest BCUT2D eigenvalue weighted by Crippen LogP contribution is 2.35. The third kappa shape index (κ3) is 6.69. The van der Waals surface area contributed by atoms with E-state index in [-0.39, 0.29) is 12.2 Å². The van der Waals surface area contributed by atoms with E-state index in [1.807, 2.05) is 0 Å². The molecule has 0 aromatic carbocycles. The van der Waals surface area contributed by atoms with Gasteiger partial charge in [-0.1, -0.05) is 13.0 Å². The second-order valence-corrected chi connectivity index (χ2v) is 6.72. The summed E-state index contributed by atoms with van der Waals surface area (Å²) in [6.45, 7) is 1.47. The maximum atomic E-state index is 12.9. The van der Waals surface area contributed by atoms with Crippen LogP contribution in [0.15, 0.2) is 36.7 Å². The van der Waals surface area contributed by atoms with Gasteiger partial charge in [-0.3, -0.25) is 14.6 Å². The van der Waals surface area contributed by atoms with Crippen LogP contribution in [0.1, 0.15) is 47.9 Å². The highest BCUT2D eigenvalue weighted by Gasteiger charge is 2.58. The van der Waals surface area contributed by atoms with Crippen molar-refractivity contribution in [2.45, 2.75) is 44.8 Å². The molecule has 1 amide bonds. The second kappa shape index (κ2) is 9.80. The highest BCUT2D eigenvalue weighted by molar-refractivity contribution is 5.94. The summed E-state index contributed by atoms with van der Waals surface area (Å²) in [5, 5.41) is 2.70. The lowest BCUT2D eigenvalue weighted by molar-refractivity contribution is -0.290. The lowest BCUT2D eigenvalue weighted by Crippen LogP contribution is -2.41. The van der Waals surface area contributed by atoms with Crippen LogP contribution in [0, 0.1) is 0 Å². The number of hydrogen-bond donors (Lipinski definition) is 1. The topological polar surface area (TPSA) is 81.2 Å². The van der Waals surface area contributed by atoms with Gasteiger partial charge in [0.15, 0.2) is 6.61 Å². The molecule has 2 rings (SSSR count). The Morgan fingerprint density at radius 1 is 1.13 bits per heavy atom. The Morgan fingerprint density at radius 3 is 2.42 bits per heavy atom. The molecule has 0 saturated carbocycles. The molecular formula is C20H20F5N3O3. The molecule has 0 aliphatic carbocycles. The van der Waals surface area contributed by atoms with Crippen LogP contribution in [0.4, 0.5) is 22.0 Å². The Labute approximate surface area is 174 Å². The molecule has 2 aromatic heterocycles. The number of alkyl halides is 5. The number of nitrogens with zero attached hydrogens (tertiary/aromatic N) is 2. The van der Waals surface area contributed by atoms with Crippen LogP contribution in [0.25, 0.3) is 0 Å². The Hall–Kier alpha value is -3.11. The van der Waals surface area contributed by atoms with E-state index in [0.29, 0.717) is 23.2 Å². The molecule has 1 unspecified atom stereocenters. The summed E-state index contributed by atoms with van der Waals surface area (Å²) in [5.74, 6) is -5.87. The van der Waals surface area contributed by atoms with Crippen molar-refractivity contribution < 1.29 is 36.3 Å². The zero-order valence-corrected chi connectivity index (χ0v) is 16.7. The van der Waals surface area contributed by atoms with Crippen LogP contribution in [0.2, 0.25) is 0 Å². The SMILES string of the molecule is CCC(=O)Cc1cc(C(=O)NC(C)c2ccc(OCC(F)(F)C(F)(F)F)nc2)ccn1. The Morgan fingerprint density at radius 2 is 1.84 bits per heavy atom. The molecule has 0 saturated heterocycles. The molecule has 0 spiro atoms. The van der Waals surface area contributed by atoms with Crippen LogP contribution in [0.3, 0.4) is 0 Å². The normalized spacial score (nSPS) is 12.9. The highest BCUT2D eigenvalue weighted by atomic mass is 19.4. The van der Waals surface area contributed by atoms with Crippen molar-refractivity contribution in [3.8, 4) is 5.88 Å². The van der Waals surface area contributed by atoms with Crippen LogP contribution in [-0.2, 0) is 11.2 Å². The Balaban J connectivity index is 1.98. The van der Waals surface area contributed by atoms with E-state index in [4.69, 9.17) is 0 Å². The van der Waals surface area contributed by atoms with Gasteiger partial charge in [-0.2, -0.15) is 22.0 Å². The molecule has 2 heterocycles. The number of aromatic nitrogens is 2. The minimum absolute atomic E-state index is 0.0141. The van der Waals surface area contributed by atoms with Gasteiger partial charge in [0.2, 0.25) is 5.88 Å². The zero-order chi connectivity index (χ0) is 23.2. The number of halogens is 5. The fourth-order valence-electron chi connectivity index (χ4n) is 2.39. The van der Waals surface area contributed by atoms with Crippen molar-refractivity contribution in [3.63, 3.8) is 0 Å². The average Bonchev–Trinajstić information content (AvgIpc) is 2.71. The van der Waals surface area contributed by atoms with E-state index in [2.05, 4.69) is 20.0 Å². The number of ether oxygens (including phenoxy) is 1. The van der Waals surface area contributed by atoms with Gasteiger partial charge in [0.25, 0.3) is 5.91 Å². The van der Waals surface area contributed by atoms with Gasteiger partial charge in [0.05, 0.1) is 6.04 Å². The number of hydrogen-bond acceptors (Lipinski definition) is 5. The number of ketones is 1. The molecule has 11 heteroatoms. The van der Waals surface area contributed by atoms with E-state index in [1.165, 1.54) is 30.6 Å². The molecule has 31 heavy (non-hydrogen) atoms. The van der Waals surface area contributed by atoms with Crippen molar-refractivity contribution in [3.05, 3.63) is 53.5 Å². The summed E-state index contributed by atoms with van der Waals surface area (Å²) in [4.78, 5) is 31.8. The van der Waals surface area contributed by atoms with E-state index in [9.17, 15) is 31.5 Å². The maximum absolute atomic E-state index is 12.9. The largest absolute Gasteiger partial charge is 0.471 e. The first-order valence-corrected chi connectivity index (χ1v) is 9.23. The van der Waals surface area contributed by atoms with Gasteiger partial charge in [-0.05, 0) is 24.6 Å². The number of amides is 1. The smallest absolute Gasteiger partial charge is 0.456 e. The van der Waals surface area contributed by atoms with Crippen molar-refractivity contribution in [2.75, 3.05) is 6.61 Å². The second-order valence-electron chi connectivity index (χ2n) is 6.72. The summed E-state index contributed by atoms with van der Waals surface area (Å²) >= 11 is 0. The molecule has 1 atom stereocenters. The minimum atomic E-state index is -5.72. The molecule has 0 aliphatic heterocycles. The molecule has 2 aromatic rings. The van der Waals surface area contributed by atoms with Gasteiger partial charge < -0.3 is 10.1 Å². The summed E-state index contributed by atoms with van der Waals surface area (Å²) < 4.78 is 66.7. The number of carbonyl (C=O) groups excluding carboxylic acids is 2. The van der Waals surface area contributed by atoms with E-state index in [0.717, 1.165) is 6.07 Å². The fraction of sp³-hybridized carbons (Fsp3) is 0.400. The van der Waals surface area contributed by atoms with Gasteiger partial charge in [-0.15, -0.1) is 0 Å². The van der Waals surface area contributed by atoms with Crippen LogP contribution in [0.5, 0.6) is 5.88 Å². The summed E-state index contributed by atoms with van der Waals surface area (Å²) in [5.41, 5.74) is 1.23. The first-order chi connectivity index (χ1) is 14.4. The van der Waals surface area contributed by atoms with Crippen molar-refractivity contribution >= 4 is 11.7 Å². The van der Waals surface area contributed by atoms with Crippen molar-refractivity contribution in [1.82, 2.24) is 15.3 Å². The van der Waals surface area contributed by atoms with Gasteiger partial charge in [0.1, 0.15) is 5.78 Å². The number of carbonyl (C=O) groups is 2. The van der Waals surface area contributed by atoms with Gasteiger partial charge in [0, 0.05) is 42.6 Å². The van der Waals surface area contributed by atoms with Crippen molar-refractivity contribution in [2.24, 2.45) is 0 Å². The molecule has 0 fully saturated rings. The minimum Gasteiger partial charge on any atom is -0.471 e. The van der Waals surface area contributed by atoms with E-state index in [1.54, 1.807) is 13.8 Å². The first kappa shape index (κ1) is 24.2. The molecular weight excluding hydrogens is 425 g/mol. The molecule has 0 aliphatic rings. The number of Topliss-reactive ketones (excluding diaryl/α,β-unsaturated/α-hetero) is 1. The van der Waals surface area contributed by atoms with E-state index >= 15 is 0 Å².